The van der Waals surface area contributed by atoms with E-state index in [1.807, 2.05) is 23.6 Å². The van der Waals surface area contributed by atoms with Crippen LogP contribution in [0.3, 0.4) is 0 Å². The third-order valence-electron chi connectivity index (χ3n) is 4.34. The maximum absolute atomic E-state index is 12.5. The van der Waals surface area contributed by atoms with Gasteiger partial charge in [0, 0.05) is 16.1 Å². The van der Waals surface area contributed by atoms with E-state index in [2.05, 4.69) is 53.8 Å². The van der Waals surface area contributed by atoms with E-state index in [9.17, 15) is 4.79 Å². The second-order valence-electron chi connectivity index (χ2n) is 6.28. The van der Waals surface area contributed by atoms with Crippen LogP contribution >= 0.6 is 15.9 Å². The van der Waals surface area contributed by atoms with Crippen LogP contribution in [0.15, 0.2) is 34.9 Å². The van der Waals surface area contributed by atoms with E-state index in [0.717, 1.165) is 15.5 Å². The average molecular weight is 401 g/mol. The third kappa shape index (κ3) is 3.47. The highest BCUT2D eigenvalue weighted by Gasteiger charge is 2.19. The molecule has 4 nitrogen and oxygen atoms in total. The molecule has 0 bridgehead atoms. The number of nitrogens with zero attached hydrogens (tertiary/aromatic N) is 2. The summed E-state index contributed by atoms with van der Waals surface area (Å²) in [6.45, 7) is 9.06. The Morgan fingerprint density at radius 3 is 2.48 bits per heavy atom. The van der Waals surface area contributed by atoms with E-state index in [0.29, 0.717) is 18.8 Å². The molecular weight excluding hydrogens is 380 g/mol. The predicted octanol–water partition coefficient (Wildman–Crippen LogP) is 4.95. The van der Waals surface area contributed by atoms with E-state index in [4.69, 9.17) is 4.74 Å². The van der Waals surface area contributed by atoms with Crippen molar-refractivity contribution in [3.05, 3.63) is 62.9 Å². The number of fused-ring (bicyclic) bond motifs is 1. The number of hydrogen-bond donors (Lipinski definition) is 0. The summed E-state index contributed by atoms with van der Waals surface area (Å²) in [5.74, 6) is -0.320. The van der Waals surface area contributed by atoms with Crippen LogP contribution in [0.2, 0.25) is 0 Å². The zero-order valence-electron chi connectivity index (χ0n) is 14.9. The van der Waals surface area contributed by atoms with E-state index in [-0.39, 0.29) is 5.97 Å². The molecule has 0 aliphatic rings. The first kappa shape index (κ1) is 17.7. The van der Waals surface area contributed by atoms with Crippen molar-refractivity contribution in [1.82, 2.24) is 9.55 Å². The summed E-state index contributed by atoms with van der Waals surface area (Å²) in [4.78, 5) is 17.0. The topological polar surface area (TPSA) is 44.1 Å². The molecule has 1 aromatic carbocycles. The smallest absolute Gasteiger partial charge is 0.355 e. The SMILES string of the molecule is CCOC(=O)c1cc2cc(Br)cnc2n1Cc1c(C)cc(C)cc1C. The maximum Gasteiger partial charge on any atom is 0.355 e. The Labute approximate surface area is 156 Å². The number of carbonyl (C=O) groups excluding carboxylic acids is 1. The molecule has 2 heterocycles. The highest BCUT2D eigenvalue weighted by atomic mass is 79.9. The molecule has 0 saturated heterocycles. The summed E-state index contributed by atoms with van der Waals surface area (Å²) in [6, 6.07) is 8.16. The fraction of sp³-hybridized carbons (Fsp3) is 0.300. The monoisotopic (exact) mass is 400 g/mol. The van der Waals surface area contributed by atoms with Crippen LogP contribution in [-0.2, 0) is 11.3 Å². The van der Waals surface area contributed by atoms with Crippen LogP contribution in [0.1, 0.15) is 39.7 Å². The van der Waals surface area contributed by atoms with E-state index in [1.165, 1.54) is 22.3 Å². The summed E-state index contributed by atoms with van der Waals surface area (Å²) in [5.41, 5.74) is 6.19. The van der Waals surface area contributed by atoms with Crippen LogP contribution in [0.4, 0.5) is 0 Å². The fourth-order valence-corrected chi connectivity index (χ4v) is 3.62. The van der Waals surface area contributed by atoms with Crippen LogP contribution in [0, 0.1) is 20.8 Å². The van der Waals surface area contributed by atoms with Crippen molar-refractivity contribution in [2.75, 3.05) is 6.61 Å². The summed E-state index contributed by atoms with van der Waals surface area (Å²) in [7, 11) is 0. The minimum absolute atomic E-state index is 0.320. The number of aryl methyl sites for hydroxylation is 3. The maximum atomic E-state index is 12.5. The molecular formula is C20H21BrN2O2. The minimum Gasteiger partial charge on any atom is -0.461 e. The van der Waals surface area contributed by atoms with Crippen LogP contribution in [0.25, 0.3) is 11.0 Å². The first-order valence-electron chi connectivity index (χ1n) is 8.29. The third-order valence-corrected chi connectivity index (χ3v) is 4.78. The Balaban J connectivity index is 2.17. The molecule has 2 aromatic heterocycles. The Morgan fingerprint density at radius 2 is 1.84 bits per heavy atom. The molecule has 25 heavy (non-hydrogen) atoms. The van der Waals surface area contributed by atoms with Crippen molar-refractivity contribution in [3.8, 4) is 0 Å². The second-order valence-corrected chi connectivity index (χ2v) is 7.20. The first-order valence-corrected chi connectivity index (χ1v) is 9.08. The number of halogens is 1. The zero-order valence-corrected chi connectivity index (χ0v) is 16.5. The number of esters is 1. The highest BCUT2D eigenvalue weighted by Crippen LogP contribution is 2.25. The Hall–Kier alpha value is -2.14. The lowest BCUT2D eigenvalue weighted by Gasteiger charge is -2.15. The van der Waals surface area contributed by atoms with E-state index >= 15 is 0 Å². The molecule has 3 rings (SSSR count). The van der Waals surface area contributed by atoms with Gasteiger partial charge in [-0.05, 0) is 72.4 Å². The Kier molecular flexibility index (Phi) is 4.95. The molecule has 0 saturated carbocycles. The molecule has 0 aliphatic heterocycles. The standard InChI is InChI=1S/C20H21BrN2O2/c1-5-25-20(24)18-9-15-8-16(21)10-22-19(15)23(18)11-17-13(3)6-12(2)7-14(17)4/h6-10H,5,11H2,1-4H3. The number of rotatable bonds is 4. The normalized spacial score (nSPS) is 11.1. The minimum atomic E-state index is -0.320. The van der Waals surface area contributed by atoms with Crippen molar-refractivity contribution in [2.45, 2.75) is 34.2 Å². The number of hydrogen-bond acceptors (Lipinski definition) is 3. The predicted molar refractivity (Wildman–Crippen MR) is 103 cm³/mol. The number of pyridine rings is 1. The highest BCUT2D eigenvalue weighted by molar-refractivity contribution is 9.10. The van der Waals surface area contributed by atoms with Crippen LogP contribution in [-0.4, -0.2) is 22.1 Å². The molecule has 0 amide bonds. The van der Waals surface area contributed by atoms with Gasteiger partial charge in [-0.15, -0.1) is 0 Å². The lowest BCUT2D eigenvalue weighted by atomic mass is 10.00. The Bertz CT molecular complexity index is 937. The lowest BCUT2D eigenvalue weighted by Crippen LogP contribution is -2.14. The Morgan fingerprint density at radius 1 is 1.16 bits per heavy atom. The molecule has 0 fully saturated rings. The number of carbonyl (C=O) groups is 1. The summed E-state index contributed by atoms with van der Waals surface area (Å²) >= 11 is 3.44. The van der Waals surface area contributed by atoms with Crippen molar-refractivity contribution < 1.29 is 9.53 Å². The van der Waals surface area contributed by atoms with Gasteiger partial charge in [-0.1, -0.05) is 17.7 Å². The summed E-state index contributed by atoms with van der Waals surface area (Å²) in [5, 5.41) is 0.917. The fourth-order valence-electron chi connectivity index (χ4n) is 3.27. The molecule has 0 radical (unpaired) electrons. The number of ether oxygens (including phenoxy) is 1. The van der Waals surface area contributed by atoms with Gasteiger partial charge in [0.05, 0.1) is 13.2 Å². The van der Waals surface area contributed by atoms with Gasteiger partial charge in [0.2, 0.25) is 0 Å². The van der Waals surface area contributed by atoms with Gasteiger partial charge in [0.25, 0.3) is 0 Å². The van der Waals surface area contributed by atoms with Crippen molar-refractivity contribution in [3.63, 3.8) is 0 Å². The number of benzene rings is 1. The molecule has 0 unspecified atom stereocenters. The van der Waals surface area contributed by atoms with Crippen molar-refractivity contribution >= 4 is 32.9 Å². The van der Waals surface area contributed by atoms with Gasteiger partial charge < -0.3 is 9.30 Å². The second kappa shape index (κ2) is 7.00. The van der Waals surface area contributed by atoms with E-state index in [1.54, 1.807) is 6.20 Å². The lowest BCUT2D eigenvalue weighted by molar-refractivity contribution is 0.0515. The van der Waals surface area contributed by atoms with Crippen molar-refractivity contribution in [1.29, 1.82) is 0 Å². The van der Waals surface area contributed by atoms with Gasteiger partial charge in [-0.3, -0.25) is 0 Å². The van der Waals surface area contributed by atoms with Crippen LogP contribution < -0.4 is 0 Å². The summed E-state index contributed by atoms with van der Waals surface area (Å²) in [6.07, 6.45) is 1.75. The van der Waals surface area contributed by atoms with E-state index < -0.39 is 0 Å². The first-order chi connectivity index (χ1) is 11.9. The molecule has 0 aliphatic carbocycles. The quantitative estimate of drug-likeness (QED) is 0.581. The van der Waals surface area contributed by atoms with Gasteiger partial charge in [0.15, 0.2) is 0 Å². The molecule has 3 aromatic rings. The molecule has 0 N–H and O–H groups in total. The van der Waals surface area contributed by atoms with Gasteiger partial charge in [-0.2, -0.15) is 0 Å². The largest absolute Gasteiger partial charge is 0.461 e. The molecule has 0 atom stereocenters. The van der Waals surface area contributed by atoms with Gasteiger partial charge in [0.1, 0.15) is 11.3 Å². The molecule has 5 heteroatoms. The van der Waals surface area contributed by atoms with Crippen molar-refractivity contribution in [2.24, 2.45) is 0 Å². The number of aromatic nitrogens is 2. The summed E-state index contributed by atoms with van der Waals surface area (Å²) < 4.78 is 8.08. The van der Waals surface area contributed by atoms with Gasteiger partial charge >= 0.3 is 5.97 Å². The average Bonchev–Trinajstić information content (AvgIpc) is 2.88. The van der Waals surface area contributed by atoms with Gasteiger partial charge in [-0.25, -0.2) is 9.78 Å². The molecule has 0 spiro atoms. The molecule has 130 valence electrons. The van der Waals surface area contributed by atoms with Crippen LogP contribution in [0.5, 0.6) is 0 Å². The zero-order chi connectivity index (χ0) is 18.1.